The molecule has 0 N–H and O–H groups in total. The van der Waals surface area contributed by atoms with Gasteiger partial charge in [-0.1, -0.05) is 11.6 Å². The molecule has 0 bridgehead atoms. The Balaban J connectivity index is 2.38. The standard InChI is InChI=1S/C4H7P/c1-3-2-4(3)5/h2,4H,5H2,1H3/t4-/m1/s1. The average Bonchev–Trinajstić information content (AvgIpc) is 1.79. The van der Waals surface area contributed by atoms with Gasteiger partial charge in [0.2, 0.25) is 0 Å². The van der Waals surface area contributed by atoms with Crippen molar-refractivity contribution in [3.05, 3.63) is 11.6 Å². The molecule has 0 aromatic carbocycles. The van der Waals surface area contributed by atoms with Crippen LogP contribution in [0.25, 0.3) is 0 Å². The lowest BCUT2D eigenvalue weighted by Crippen LogP contribution is -1.59. The van der Waals surface area contributed by atoms with E-state index in [0.717, 1.165) is 5.66 Å². The van der Waals surface area contributed by atoms with Crippen molar-refractivity contribution >= 4 is 9.24 Å². The third-order valence-electron chi connectivity index (χ3n) is 0.859. The van der Waals surface area contributed by atoms with Crippen LogP contribution in [0.4, 0.5) is 0 Å². The summed E-state index contributed by atoms with van der Waals surface area (Å²) in [6, 6.07) is 0. The van der Waals surface area contributed by atoms with Crippen molar-refractivity contribution in [1.29, 1.82) is 0 Å². The van der Waals surface area contributed by atoms with E-state index in [4.69, 9.17) is 0 Å². The SMILES string of the molecule is CC1=C[C@H]1P. The molecule has 0 heterocycles. The first kappa shape index (κ1) is 3.36. The fourth-order valence-corrected chi connectivity index (χ4v) is 0.539. The average molecular weight is 86.1 g/mol. The summed E-state index contributed by atoms with van der Waals surface area (Å²) in [6.07, 6.45) is 2.21. The predicted molar refractivity (Wildman–Crippen MR) is 27.3 cm³/mol. The van der Waals surface area contributed by atoms with E-state index in [1.807, 2.05) is 0 Å². The highest BCUT2D eigenvalue weighted by atomic mass is 31.0. The van der Waals surface area contributed by atoms with Gasteiger partial charge in [0, 0.05) is 5.66 Å². The van der Waals surface area contributed by atoms with Gasteiger partial charge in [0.15, 0.2) is 0 Å². The van der Waals surface area contributed by atoms with Crippen LogP contribution in [-0.4, -0.2) is 5.66 Å². The summed E-state index contributed by atoms with van der Waals surface area (Å²) in [5, 5.41) is 0. The lowest BCUT2D eigenvalue weighted by Gasteiger charge is -1.69. The second-order valence-corrected chi connectivity index (χ2v) is 2.15. The summed E-state index contributed by atoms with van der Waals surface area (Å²) in [6.45, 7) is 2.14. The monoisotopic (exact) mass is 86.0 g/mol. The van der Waals surface area contributed by atoms with Gasteiger partial charge in [-0.2, -0.15) is 0 Å². The van der Waals surface area contributed by atoms with Crippen molar-refractivity contribution in [1.82, 2.24) is 0 Å². The maximum absolute atomic E-state index is 2.72. The van der Waals surface area contributed by atoms with Gasteiger partial charge in [0.05, 0.1) is 0 Å². The number of rotatable bonds is 0. The van der Waals surface area contributed by atoms with Gasteiger partial charge in [0.1, 0.15) is 0 Å². The highest BCUT2D eigenvalue weighted by Crippen LogP contribution is 2.26. The van der Waals surface area contributed by atoms with E-state index in [1.165, 1.54) is 5.57 Å². The Morgan fingerprint density at radius 3 is 2.20 bits per heavy atom. The van der Waals surface area contributed by atoms with Gasteiger partial charge in [-0.05, 0) is 6.92 Å². The summed E-state index contributed by atoms with van der Waals surface area (Å²) in [5.74, 6) is 0. The molecule has 0 saturated carbocycles. The van der Waals surface area contributed by atoms with E-state index in [2.05, 4.69) is 22.2 Å². The molecule has 1 heteroatoms. The predicted octanol–water partition coefficient (Wildman–Crippen LogP) is 1.19. The Labute approximate surface area is 34.5 Å². The van der Waals surface area contributed by atoms with Crippen molar-refractivity contribution in [3.8, 4) is 0 Å². The summed E-state index contributed by atoms with van der Waals surface area (Å²) in [5.41, 5.74) is 2.27. The van der Waals surface area contributed by atoms with Gasteiger partial charge < -0.3 is 0 Å². The van der Waals surface area contributed by atoms with E-state index in [1.54, 1.807) is 0 Å². The highest BCUT2D eigenvalue weighted by molar-refractivity contribution is 7.19. The second kappa shape index (κ2) is 0.815. The van der Waals surface area contributed by atoms with Crippen LogP contribution < -0.4 is 0 Å². The van der Waals surface area contributed by atoms with Gasteiger partial charge in [-0.15, -0.1) is 9.24 Å². The summed E-state index contributed by atoms with van der Waals surface area (Å²) in [4.78, 5) is 0. The Kier molecular flexibility index (Phi) is 0.548. The van der Waals surface area contributed by atoms with Crippen molar-refractivity contribution in [3.63, 3.8) is 0 Å². The molecule has 1 aliphatic carbocycles. The zero-order chi connectivity index (χ0) is 3.86. The summed E-state index contributed by atoms with van der Waals surface area (Å²) in [7, 11) is 2.72. The van der Waals surface area contributed by atoms with Crippen LogP contribution in [-0.2, 0) is 0 Å². The molecule has 0 nitrogen and oxygen atoms in total. The van der Waals surface area contributed by atoms with Crippen LogP contribution in [0.2, 0.25) is 0 Å². The van der Waals surface area contributed by atoms with Crippen LogP contribution in [0.1, 0.15) is 6.92 Å². The van der Waals surface area contributed by atoms with Crippen LogP contribution in [0.3, 0.4) is 0 Å². The summed E-state index contributed by atoms with van der Waals surface area (Å²) < 4.78 is 0. The Morgan fingerprint density at radius 1 is 2.00 bits per heavy atom. The molecule has 0 aliphatic heterocycles. The van der Waals surface area contributed by atoms with Crippen molar-refractivity contribution in [2.45, 2.75) is 12.6 Å². The van der Waals surface area contributed by atoms with E-state index < -0.39 is 0 Å². The largest absolute Gasteiger partial charge is 0.126 e. The molecule has 0 aromatic heterocycles. The van der Waals surface area contributed by atoms with Crippen molar-refractivity contribution in [2.24, 2.45) is 0 Å². The number of allylic oxidation sites excluding steroid dienone is 2. The minimum Gasteiger partial charge on any atom is -0.126 e. The van der Waals surface area contributed by atoms with Gasteiger partial charge >= 0.3 is 0 Å². The maximum Gasteiger partial charge on any atom is 0.0123 e. The first-order chi connectivity index (χ1) is 2.30. The molecular weight excluding hydrogens is 79.0 g/mol. The molecule has 28 valence electrons. The third kappa shape index (κ3) is 0.516. The Bertz CT molecular complexity index is 73.7. The van der Waals surface area contributed by atoms with E-state index in [-0.39, 0.29) is 0 Å². The highest BCUT2D eigenvalue weighted by Gasteiger charge is 2.11. The van der Waals surface area contributed by atoms with Gasteiger partial charge in [0.25, 0.3) is 0 Å². The van der Waals surface area contributed by atoms with E-state index in [0.29, 0.717) is 0 Å². The van der Waals surface area contributed by atoms with E-state index in [9.17, 15) is 0 Å². The zero-order valence-corrected chi connectivity index (χ0v) is 4.39. The Morgan fingerprint density at radius 2 is 2.20 bits per heavy atom. The normalized spacial score (nSPS) is 33.2. The summed E-state index contributed by atoms with van der Waals surface area (Å²) >= 11 is 0. The van der Waals surface area contributed by atoms with Crippen LogP contribution in [0, 0.1) is 0 Å². The van der Waals surface area contributed by atoms with Crippen LogP contribution in [0.5, 0.6) is 0 Å². The minimum absolute atomic E-state index is 0.759. The third-order valence-corrected chi connectivity index (χ3v) is 1.58. The first-order valence-corrected chi connectivity index (χ1v) is 2.41. The Hall–Kier alpha value is 0.170. The van der Waals surface area contributed by atoms with Crippen molar-refractivity contribution in [2.75, 3.05) is 0 Å². The molecule has 1 aliphatic rings. The van der Waals surface area contributed by atoms with Gasteiger partial charge in [-0.25, -0.2) is 0 Å². The molecule has 0 aromatic rings. The van der Waals surface area contributed by atoms with Crippen LogP contribution in [0.15, 0.2) is 11.6 Å². The maximum atomic E-state index is 2.72. The lowest BCUT2D eigenvalue weighted by molar-refractivity contribution is 1.50. The zero-order valence-electron chi connectivity index (χ0n) is 3.23. The quantitative estimate of drug-likeness (QED) is 0.307. The van der Waals surface area contributed by atoms with Crippen LogP contribution >= 0.6 is 9.24 Å². The topological polar surface area (TPSA) is 0 Å². The molecule has 5 heavy (non-hydrogen) atoms. The smallest absolute Gasteiger partial charge is 0.0123 e. The second-order valence-electron chi connectivity index (χ2n) is 1.44. The number of hydrogen-bond donors (Lipinski definition) is 0. The molecule has 1 rings (SSSR count). The molecule has 0 spiro atoms. The van der Waals surface area contributed by atoms with Gasteiger partial charge in [-0.3, -0.25) is 0 Å². The fraction of sp³-hybridized carbons (Fsp3) is 0.500. The molecule has 0 amide bonds. The first-order valence-electron chi connectivity index (χ1n) is 1.74. The van der Waals surface area contributed by atoms with E-state index >= 15 is 0 Å². The molecule has 0 fully saturated rings. The molecule has 2 atom stereocenters. The lowest BCUT2D eigenvalue weighted by atomic mass is 10.6. The molecule has 1 unspecified atom stereocenters. The fourth-order valence-electron chi connectivity index (χ4n) is 0.235. The molecule has 0 radical (unpaired) electrons. The molecular formula is C4H7P. The number of hydrogen-bond acceptors (Lipinski definition) is 0. The molecule has 0 saturated heterocycles. The van der Waals surface area contributed by atoms with Crippen molar-refractivity contribution < 1.29 is 0 Å². The minimum atomic E-state index is 0.759.